The molecule has 0 bridgehead atoms. The molecular formula is C58H79O12P. The number of methoxy groups -OCH3 is 4. The van der Waals surface area contributed by atoms with Crippen LogP contribution in [0.25, 0.3) is 0 Å². The Labute approximate surface area is 424 Å². The highest BCUT2D eigenvalue weighted by atomic mass is 31.2. The maximum Gasteiger partial charge on any atom is 0.338 e. The molecular weight excluding hydrogens is 920 g/mol. The van der Waals surface area contributed by atoms with E-state index in [1.807, 2.05) is 48.5 Å². The third kappa shape index (κ3) is 17.6. The molecule has 12 nitrogen and oxygen atoms in total. The molecule has 1 unspecified atom stereocenters. The van der Waals surface area contributed by atoms with E-state index in [2.05, 4.69) is 107 Å². The molecule has 0 N–H and O–H groups in total. The fourth-order valence-electron chi connectivity index (χ4n) is 7.83. The van der Waals surface area contributed by atoms with Crippen LogP contribution < -0.4 is 18.5 Å². The van der Waals surface area contributed by atoms with Crippen LogP contribution in [0.15, 0.2) is 72.8 Å². The maximum atomic E-state index is 12.2. The zero-order valence-electron chi connectivity index (χ0n) is 45.2. The third-order valence-electron chi connectivity index (χ3n) is 12.0. The number of rotatable bonds is 22. The second-order valence-electron chi connectivity index (χ2n) is 22.0. The van der Waals surface area contributed by atoms with Crippen molar-refractivity contribution in [2.24, 2.45) is 0 Å². The Kier molecular flexibility index (Phi) is 20.5. The van der Waals surface area contributed by atoms with Crippen molar-refractivity contribution in [2.45, 2.75) is 162 Å². The first-order valence-electron chi connectivity index (χ1n) is 24.4. The van der Waals surface area contributed by atoms with Gasteiger partial charge in [0.05, 0.1) is 28.4 Å². The second kappa shape index (κ2) is 25.2. The summed E-state index contributed by atoms with van der Waals surface area (Å²) in [6, 6.07) is 24.0. The maximum absolute atomic E-state index is 12.2. The van der Waals surface area contributed by atoms with Crippen LogP contribution in [0.3, 0.4) is 0 Å². The first kappa shape index (κ1) is 58.0. The molecule has 4 aromatic rings. The Morgan fingerprint density at radius 2 is 0.676 bits per heavy atom. The van der Waals surface area contributed by atoms with Crippen LogP contribution in [-0.2, 0) is 85.5 Å². The number of ether oxygens (including phenoxy) is 6. The van der Waals surface area contributed by atoms with Crippen molar-refractivity contribution in [3.8, 4) is 23.0 Å². The summed E-state index contributed by atoms with van der Waals surface area (Å²) in [6.07, 6.45) is 2.92. The lowest BCUT2D eigenvalue weighted by Crippen LogP contribution is -2.29. The highest BCUT2D eigenvalue weighted by Crippen LogP contribution is 2.51. The quantitative estimate of drug-likeness (QED) is 0.0420. The smallest absolute Gasteiger partial charge is 0.338 e. The van der Waals surface area contributed by atoms with Gasteiger partial charge in [-0.2, -0.15) is 0 Å². The van der Waals surface area contributed by atoms with Crippen LogP contribution in [0.5, 0.6) is 23.0 Å². The van der Waals surface area contributed by atoms with Gasteiger partial charge in [0.2, 0.25) is 5.85 Å². The molecule has 0 spiro atoms. The van der Waals surface area contributed by atoms with Gasteiger partial charge in [0, 0.05) is 36.8 Å². The summed E-state index contributed by atoms with van der Waals surface area (Å²) in [5, 5.41) is 0. The largest absolute Gasteiger partial charge is 0.489 e. The number of aryl methyl sites for hydroxylation is 4. The second-order valence-corrected chi connectivity index (χ2v) is 23.5. The van der Waals surface area contributed by atoms with Crippen molar-refractivity contribution in [2.75, 3.05) is 35.0 Å². The molecule has 0 saturated carbocycles. The van der Waals surface area contributed by atoms with E-state index >= 15 is 0 Å². The lowest BCUT2D eigenvalue weighted by Gasteiger charge is -2.33. The molecule has 13 heteroatoms. The van der Waals surface area contributed by atoms with E-state index in [1.54, 1.807) is 0 Å². The van der Waals surface area contributed by atoms with Crippen molar-refractivity contribution in [3.05, 3.63) is 117 Å². The molecule has 0 aliphatic carbocycles. The van der Waals surface area contributed by atoms with Crippen LogP contribution in [0, 0.1) is 0 Å². The molecule has 0 aliphatic rings. The molecule has 388 valence electrons. The van der Waals surface area contributed by atoms with E-state index in [1.165, 1.54) is 28.4 Å². The van der Waals surface area contributed by atoms with Gasteiger partial charge in [-0.05, 0) is 105 Å². The van der Waals surface area contributed by atoms with E-state index in [0.29, 0.717) is 48.7 Å². The van der Waals surface area contributed by atoms with Gasteiger partial charge in [-0.25, -0.2) is 0 Å². The molecule has 0 fully saturated rings. The molecule has 0 heterocycles. The highest BCUT2D eigenvalue weighted by molar-refractivity contribution is 7.48. The van der Waals surface area contributed by atoms with Gasteiger partial charge in [-0.15, -0.1) is 0 Å². The fourth-order valence-corrected chi connectivity index (χ4v) is 9.21. The normalized spacial score (nSPS) is 12.5. The van der Waals surface area contributed by atoms with Gasteiger partial charge < -0.3 is 37.5 Å². The Hall–Kier alpha value is -5.61. The predicted octanol–water partition coefficient (Wildman–Crippen LogP) is 12.6. The van der Waals surface area contributed by atoms with E-state index in [9.17, 15) is 19.2 Å². The summed E-state index contributed by atoms with van der Waals surface area (Å²) in [5.41, 5.74) is 5.98. The highest BCUT2D eigenvalue weighted by Gasteiger charge is 2.37. The molecule has 4 aromatic carbocycles. The number of hydrogen-bond acceptors (Lipinski definition) is 12. The molecule has 0 saturated heterocycles. The summed E-state index contributed by atoms with van der Waals surface area (Å²) in [4.78, 5) is 48.8. The first-order valence-corrected chi connectivity index (χ1v) is 25.7. The molecule has 1 atom stereocenters. The number of benzene rings is 4. The zero-order valence-corrected chi connectivity index (χ0v) is 46.1. The summed E-state index contributed by atoms with van der Waals surface area (Å²) in [5.74, 6) is 0.400. The topological polar surface area (TPSA) is 142 Å². The lowest BCUT2D eigenvalue weighted by molar-refractivity contribution is -0.141. The Bertz CT molecular complexity index is 2360. The van der Waals surface area contributed by atoms with Gasteiger partial charge in [0.15, 0.2) is 0 Å². The monoisotopic (exact) mass is 999 g/mol. The molecule has 4 rings (SSSR count). The minimum Gasteiger partial charge on any atom is -0.489 e. The zero-order chi connectivity index (χ0) is 52.9. The summed E-state index contributed by atoms with van der Waals surface area (Å²) in [7, 11) is 3.44. The molecule has 71 heavy (non-hydrogen) atoms. The van der Waals surface area contributed by atoms with Crippen LogP contribution in [0.4, 0.5) is 0 Å². The summed E-state index contributed by atoms with van der Waals surface area (Å²) < 4.78 is 48.6. The van der Waals surface area contributed by atoms with Crippen molar-refractivity contribution in [3.63, 3.8) is 0 Å². The van der Waals surface area contributed by atoms with Gasteiger partial charge in [-0.1, -0.05) is 132 Å². The predicted molar refractivity (Wildman–Crippen MR) is 280 cm³/mol. The van der Waals surface area contributed by atoms with Crippen molar-refractivity contribution in [1.82, 2.24) is 0 Å². The third-order valence-corrected chi connectivity index (χ3v) is 13.5. The van der Waals surface area contributed by atoms with Crippen LogP contribution in [-0.4, -0.2) is 64.8 Å². The SMILES string of the molecule is COC(=O)CCc1ccc(OCC(Oc2ccc(CCC(=O)OC)cc2C(C)(C)C)P(Oc2ccc(CCC(=O)OC)cc2C(C)(C)C)Oc2ccc(CCC(=O)OC)cc2C(C)(C)C)c(C(C)(C)C)c1. The van der Waals surface area contributed by atoms with E-state index in [4.69, 9.17) is 37.5 Å². The molecule has 0 aliphatic heterocycles. The average molecular weight is 999 g/mol. The van der Waals surface area contributed by atoms with Gasteiger partial charge in [-0.3, -0.25) is 19.2 Å². The van der Waals surface area contributed by atoms with E-state index in [-0.39, 0.29) is 61.6 Å². The number of hydrogen-bond donors (Lipinski definition) is 0. The molecule has 0 radical (unpaired) electrons. The lowest BCUT2D eigenvalue weighted by atomic mass is 9.85. The molecule has 0 amide bonds. The average Bonchev–Trinajstić information content (AvgIpc) is 3.31. The van der Waals surface area contributed by atoms with Gasteiger partial charge >= 0.3 is 32.3 Å². The Morgan fingerprint density at radius 3 is 0.972 bits per heavy atom. The van der Waals surface area contributed by atoms with Crippen molar-refractivity contribution < 1.29 is 56.6 Å². The minimum atomic E-state index is -2.12. The van der Waals surface area contributed by atoms with Crippen LogP contribution in [0.1, 0.15) is 153 Å². The minimum absolute atomic E-state index is 0.00586. The standard InChI is InChI=1S/C58H79O12P/c1-55(2,3)42-33-38(21-29-50(59)63-13)17-25-46(42)67-37-54(68-47-26-18-39(22-30-51(60)64-14)34-43(47)56(4,5)6)71(69-48-27-19-40(23-31-52(61)65-15)35-44(48)57(7,8)9)70-49-28-20-41(24-32-53(62)66-16)36-45(49)58(10,11)12/h17-20,25-28,33-36,54H,21-24,29-32,37H2,1-16H3. The Morgan fingerprint density at radius 1 is 0.408 bits per heavy atom. The van der Waals surface area contributed by atoms with E-state index < -0.39 is 30.5 Å². The number of esters is 4. The first-order chi connectivity index (χ1) is 33.2. The number of carbonyl (C=O) groups excluding carboxylic acids is 4. The summed E-state index contributed by atoms with van der Waals surface area (Å²) in [6.45, 7) is 25.4. The summed E-state index contributed by atoms with van der Waals surface area (Å²) >= 11 is 0. The number of carbonyl (C=O) groups is 4. The van der Waals surface area contributed by atoms with Gasteiger partial charge in [0.1, 0.15) is 29.6 Å². The Balaban J connectivity index is 1.99. The van der Waals surface area contributed by atoms with Crippen molar-refractivity contribution >= 4 is 32.3 Å². The van der Waals surface area contributed by atoms with E-state index in [0.717, 1.165) is 44.5 Å². The van der Waals surface area contributed by atoms with Gasteiger partial charge in [0.25, 0.3) is 0 Å². The fraction of sp³-hybridized carbons (Fsp3) is 0.517. The van der Waals surface area contributed by atoms with Crippen molar-refractivity contribution in [1.29, 1.82) is 0 Å². The van der Waals surface area contributed by atoms with Crippen LogP contribution >= 0.6 is 8.38 Å². The van der Waals surface area contributed by atoms with Crippen LogP contribution in [0.2, 0.25) is 0 Å². The molecule has 0 aromatic heterocycles.